The lowest BCUT2D eigenvalue weighted by Gasteiger charge is -2.33. The van der Waals surface area contributed by atoms with E-state index in [4.69, 9.17) is 10.5 Å². The van der Waals surface area contributed by atoms with Crippen LogP contribution in [0.4, 0.5) is 24.5 Å². The number of aliphatic hydroxyl groups excluding tert-OH is 1. The first-order valence-electron chi connectivity index (χ1n) is 10.7. The number of amides is 1. The van der Waals surface area contributed by atoms with Crippen molar-refractivity contribution in [3.8, 4) is 11.4 Å². The Morgan fingerprint density at radius 1 is 1.29 bits per heavy atom. The van der Waals surface area contributed by atoms with E-state index in [2.05, 4.69) is 33.0 Å². The summed E-state index contributed by atoms with van der Waals surface area (Å²) in [5.74, 6) is -0.0916. The fourth-order valence-electron chi connectivity index (χ4n) is 4.43. The molecule has 0 saturated carbocycles. The Kier molecular flexibility index (Phi) is 6.51. The number of methoxy groups -OCH3 is 1. The van der Waals surface area contributed by atoms with Crippen LogP contribution in [-0.4, -0.2) is 27.9 Å². The van der Waals surface area contributed by atoms with Gasteiger partial charge in [-0.3, -0.25) is 4.79 Å². The number of alkyl halides is 3. The summed E-state index contributed by atoms with van der Waals surface area (Å²) in [4.78, 5) is 12.1. The molecule has 1 aromatic heterocycles. The van der Waals surface area contributed by atoms with Crippen LogP contribution in [0.15, 0.2) is 36.4 Å². The quantitative estimate of drug-likeness (QED) is 0.343. The van der Waals surface area contributed by atoms with E-state index >= 15 is 0 Å². The van der Waals surface area contributed by atoms with Gasteiger partial charge in [-0.15, -0.1) is 0 Å². The number of benzene rings is 2. The lowest BCUT2D eigenvalue weighted by molar-refractivity contribution is -0.143. The molecule has 4 N–H and O–H groups in total. The van der Waals surface area contributed by atoms with E-state index in [0.717, 1.165) is 3.57 Å². The first-order valence-corrected chi connectivity index (χ1v) is 11.8. The van der Waals surface area contributed by atoms with Gasteiger partial charge in [0.1, 0.15) is 5.75 Å². The molecule has 11 heteroatoms. The molecule has 1 aliphatic carbocycles. The maximum absolute atomic E-state index is 13.8. The fourth-order valence-corrected chi connectivity index (χ4v) is 4.99. The van der Waals surface area contributed by atoms with Crippen LogP contribution < -0.4 is 15.8 Å². The van der Waals surface area contributed by atoms with Crippen LogP contribution in [0.2, 0.25) is 0 Å². The Morgan fingerprint density at radius 3 is 2.63 bits per heavy atom. The summed E-state index contributed by atoms with van der Waals surface area (Å²) in [6, 6.07) is 9.77. The molecule has 0 spiro atoms. The zero-order valence-corrected chi connectivity index (χ0v) is 21.4. The molecule has 3 aromatic rings. The number of carbonyl (C=O) groups is 1. The maximum atomic E-state index is 13.8. The lowest BCUT2D eigenvalue weighted by atomic mass is 9.74. The fraction of sp³-hybridized carbons (Fsp3) is 0.333. The number of hydrogen-bond acceptors (Lipinski definition) is 5. The summed E-state index contributed by atoms with van der Waals surface area (Å²) in [5.41, 5.74) is 5.45. The standard InChI is InChI=1S/C24H24F3IN4O3/c1-23(2)10-17-20(18(33)11-23)21(24(25,26)27)31-32(17)13-5-6-14(22(29)34)16(9-13)30-12-4-7-15(28)19(8-12)35-3/h4-9,18,30,33H,10-11H2,1-3H3,(H2,29,34). The maximum Gasteiger partial charge on any atom is 0.435 e. The number of halogens is 4. The first kappa shape index (κ1) is 25.3. The highest BCUT2D eigenvalue weighted by molar-refractivity contribution is 14.1. The van der Waals surface area contributed by atoms with Crippen LogP contribution in [0, 0.1) is 8.99 Å². The zero-order chi connectivity index (χ0) is 25.7. The van der Waals surface area contributed by atoms with E-state index in [1.165, 1.54) is 30.0 Å². The number of hydrogen-bond donors (Lipinski definition) is 3. The second-order valence-electron chi connectivity index (χ2n) is 9.25. The van der Waals surface area contributed by atoms with Gasteiger partial charge < -0.3 is 20.9 Å². The van der Waals surface area contributed by atoms with E-state index in [-0.39, 0.29) is 29.7 Å². The molecular formula is C24H24F3IN4O3. The summed E-state index contributed by atoms with van der Waals surface area (Å²) in [7, 11) is 1.53. The monoisotopic (exact) mass is 600 g/mol. The third-order valence-corrected chi connectivity index (χ3v) is 6.85. The van der Waals surface area contributed by atoms with Crippen LogP contribution in [0.5, 0.6) is 5.75 Å². The molecule has 7 nitrogen and oxygen atoms in total. The topological polar surface area (TPSA) is 102 Å². The number of anilines is 2. The Bertz CT molecular complexity index is 1300. The summed E-state index contributed by atoms with van der Waals surface area (Å²) in [5, 5.41) is 17.6. The Hall–Kier alpha value is -2.80. The highest BCUT2D eigenvalue weighted by Gasteiger charge is 2.45. The van der Waals surface area contributed by atoms with Gasteiger partial charge in [0, 0.05) is 17.3 Å². The summed E-state index contributed by atoms with van der Waals surface area (Å²) in [6.45, 7) is 3.77. The molecule has 4 rings (SSSR count). The van der Waals surface area contributed by atoms with Gasteiger partial charge in [-0.25, -0.2) is 4.68 Å². The number of fused-ring (bicyclic) bond motifs is 1. The van der Waals surface area contributed by atoms with Gasteiger partial charge in [-0.2, -0.15) is 18.3 Å². The molecule has 1 heterocycles. The number of carbonyl (C=O) groups excluding carboxylic acids is 1. The predicted molar refractivity (Wildman–Crippen MR) is 133 cm³/mol. The van der Waals surface area contributed by atoms with E-state index in [1.54, 1.807) is 12.1 Å². The molecule has 1 aliphatic rings. The molecular weight excluding hydrogens is 576 g/mol. The van der Waals surface area contributed by atoms with Crippen molar-refractivity contribution in [3.63, 3.8) is 0 Å². The second kappa shape index (κ2) is 9.01. The molecule has 0 bridgehead atoms. The third kappa shape index (κ3) is 4.96. The molecule has 1 amide bonds. The van der Waals surface area contributed by atoms with Gasteiger partial charge in [-0.05, 0) is 71.2 Å². The van der Waals surface area contributed by atoms with Crippen LogP contribution in [0.1, 0.15) is 53.7 Å². The lowest BCUT2D eigenvalue weighted by Crippen LogP contribution is -2.27. The van der Waals surface area contributed by atoms with Crippen molar-refractivity contribution in [1.82, 2.24) is 9.78 Å². The number of primary amides is 1. The average molecular weight is 600 g/mol. The van der Waals surface area contributed by atoms with E-state index < -0.39 is 29.3 Å². The Labute approximate surface area is 213 Å². The normalized spacial score (nSPS) is 17.1. The number of rotatable bonds is 5. The van der Waals surface area contributed by atoms with E-state index in [1.807, 2.05) is 19.9 Å². The molecule has 186 valence electrons. The molecule has 0 aliphatic heterocycles. The molecule has 0 radical (unpaired) electrons. The van der Waals surface area contributed by atoms with Gasteiger partial charge in [0.25, 0.3) is 5.91 Å². The van der Waals surface area contributed by atoms with Crippen LogP contribution in [0.25, 0.3) is 5.69 Å². The number of aliphatic hydroxyl groups is 1. The Balaban J connectivity index is 1.86. The van der Waals surface area contributed by atoms with Crippen LogP contribution in [0.3, 0.4) is 0 Å². The van der Waals surface area contributed by atoms with Gasteiger partial charge in [-0.1, -0.05) is 13.8 Å². The number of nitrogens with two attached hydrogens (primary N) is 1. The van der Waals surface area contributed by atoms with Crippen LogP contribution >= 0.6 is 22.6 Å². The molecule has 35 heavy (non-hydrogen) atoms. The average Bonchev–Trinajstić information content (AvgIpc) is 3.14. The molecule has 0 fully saturated rings. The minimum Gasteiger partial charge on any atom is -0.496 e. The third-order valence-electron chi connectivity index (χ3n) is 5.96. The second-order valence-corrected chi connectivity index (χ2v) is 10.4. The molecule has 1 atom stereocenters. The number of ether oxygens (including phenoxy) is 1. The van der Waals surface area contributed by atoms with E-state index in [0.29, 0.717) is 22.8 Å². The minimum atomic E-state index is -4.73. The molecule has 1 unspecified atom stereocenters. The summed E-state index contributed by atoms with van der Waals surface area (Å²) < 4.78 is 48.9. The number of nitrogens with one attached hydrogen (secondary N) is 1. The highest BCUT2D eigenvalue weighted by Crippen LogP contribution is 2.46. The number of nitrogens with zero attached hydrogens (tertiary/aromatic N) is 2. The van der Waals surface area contributed by atoms with Crippen molar-refractivity contribution in [2.45, 2.75) is 39.0 Å². The van der Waals surface area contributed by atoms with E-state index in [9.17, 15) is 23.1 Å². The highest BCUT2D eigenvalue weighted by atomic mass is 127. The van der Waals surface area contributed by atoms with Gasteiger partial charge >= 0.3 is 6.18 Å². The largest absolute Gasteiger partial charge is 0.496 e. The first-order chi connectivity index (χ1) is 16.3. The summed E-state index contributed by atoms with van der Waals surface area (Å²) >= 11 is 2.12. The van der Waals surface area contributed by atoms with Crippen molar-refractivity contribution in [3.05, 3.63) is 62.5 Å². The van der Waals surface area contributed by atoms with Crippen molar-refractivity contribution >= 4 is 39.9 Å². The van der Waals surface area contributed by atoms with Gasteiger partial charge in [0.15, 0.2) is 5.69 Å². The summed E-state index contributed by atoms with van der Waals surface area (Å²) in [6.07, 6.45) is -5.54. The Morgan fingerprint density at radius 2 is 2.00 bits per heavy atom. The van der Waals surface area contributed by atoms with Crippen molar-refractivity contribution in [2.24, 2.45) is 11.1 Å². The van der Waals surface area contributed by atoms with Gasteiger partial charge in [0.05, 0.1) is 39.4 Å². The van der Waals surface area contributed by atoms with Crippen molar-refractivity contribution < 1.29 is 27.8 Å². The zero-order valence-electron chi connectivity index (χ0n) is 19.2. The van der Waals surface area contributed by atoms with Crippen LogP contribution in [-0.2, 0) is 12.6 Å². The van der Waals surface area contributed by atoms with Crippen molar-refractivity contribution in [1.29, 1.82) is 0 Å². The number of aromatic nitrogens is 2. The minimum absolute atomic E-state index is 0.156. The predicted octanol–water partition coefficient (Wildman–Crippen LogP) is 5.35. The molecule has 2 aromatic carbocycles. The SMILES string of the molecule is COc1cc(Nc2cc(-n3nc(C(F)(F)F)c4c3CC(C)(C)CC4O)ccc2C(N)=O)ccc1I. The van der Waals surface area contributed by atoms with Gasteiger partial charge in [0.2, 0.25) is 0 Å². The molecule has 0 saturated heterocycles. The van der Waals surface area contributed by atoms with Crippen molar-refractivity contribution in [2.75, 3.05) is 12.4 Å². The smallest absolute Gasteiger partial charge is 0.435 e.